The van der Waals surface area contributed by atoms with E-state index >= 15 is 0 Å². The highest BCUT2D eigenvalue weighted by Crippen LogP contribution is 2.36. The molecule has 0 atom stereocenters. The number of nitrogens with zero attached hydrogens (tertiary/aromatic N) is 2. The zero-order chi connectivity index (χ0) is 16.1. The van der Waals surface area contributed by atoms with Crippen molar-refractivity contribution >= 4 is 33.6 Å². The molecule has 1 N–H and O–H groups in total. The van der Waals surface area contributed by atoms with E-state index in [-0.39, 0.29) is 11.3 Å². The molecule has 0 saturated carbocycles. The van der Waals surface area contributed by atoms with Gasteiger partial charge in [0, 0.05) is 10.5 Å². The fourth-order valence-corrected chi connectivity index (χ4v) is 2.09. The fourth-order valence-electron chi connectivity index (χ4n) is 1.75. The summed E-state index contributed by atoms with van der Waals surface area (Å²) in [7, 11) is 2.97. The van der Waals surface area contributed by atoms with Crippen LogP contribution in [-0.4, -0.2) is 25.6 Å². The molecule has 0 aliphatic carbocycles. The van der Waals surface area contributed by atoms with Gasteiger partial charge in [-0.05, 0) is 24.3 Å². The monoisotopic (exact) mass is 364 g/mol. The van der Waals surface area contributed by atoms with E-state index in [4.69, 9.17) is 9.47 Å². The Morgan fingerprint density at radius 1 is 1.05 bits per heavy atom. The number of halogens is 1. The van der Waals surface area contributed by atoms with Crippen LogP contribution in [0.1, 0.15) is 10.4 Å². The molecule has 0 amide bonds. The zero-order valence-corrected chi connectivity index (χ0v) is 13.5. The van der Waals surface area contributed by atoms with E-state index in [0.29, 0.717) is 29.2 Å². The minimum Gasteiger partial charge on any atom is -0.507 e. The number of aldehydes is 1. The molecule has 0 saturated heterocycles. The standard InChI is InChI=1S/C15H13BrN2O4/c1-21-14-6-10(16)3-4-11(14)17-18-12-5-9(8-19)13(20)7-15(12)22-2/h3-8,20H,1-2H3/b18-17+. The number of aromatic hydroxyl groups is 1. The van der Waals surface area contributed by atoms with E-state index in [1.165, 1.54) is 26.4 Å². The number of methoxy groups -OCH3 is 2. The molecule has 114 valence electrons. The second-order valence-electron chi connectivity index (χ2n) is 4.22. The molecule has 2 rings (SSSR count). The SMILES string of the molecule is COc1cc(Br)ccc1/N=N/c1cc(C=O)c(O)cc1OC. The first-order chi connectivity index (χ1) is 10.6. The average Bonchev–Trinajstić information content (AvgIpc) is 2.53. The first-order valence-corrected chi connectivity index (χ1v) is 6.99. The lowest BCUT2D eigenvalue weighted by molar-refractivity contribution is 0.112. The van der Waals surface area contributed by atoms with Crippen LogP contribution in [-0.2, 0) is 0 Å². The van der Waals surface area contributed by atoms with Crippen molar-refractivity contribution in [3.8, 4) is 17.2 Å². The number of rotatable bonds is 5. The molecule has 2 aromatic carbocycles. The second-order valence-corrected chi connectivity index (χ2v) is 5.13. The number of phenolic OH excluding ortho intramolecular Hbond substituents is 1. The van der Waals surface area contributed by atoms with Crippen LogP contribution in [0.4, 0.5) is 11.4 Å². The Balaban J connectivity index is 2.43. The Hall–Kier alpha value is -2.41. The minimum absolute atomic E-state index is 0.109. The van der Waals surface area contributed by atoms with Gasteiger partial charge in [-0.3, -0.25) is 4.79 Å². The molecule has 7 heteroatoms. The Labute approximate surface area is 135 Å². The number of hydrogen-bond acceptors (Lipinski definition) is 6. The van der Waals surface area contributed by atoms with E-state index in [1.807, 2.05) is 6.07 Å². The molecule has 0 fully saturated rings. The van der Waals surface area contributed by atoms with E-state index in [9.17, 15) is 9.90 Å². The van der Waals surface area contributed by atoms with Gasteiger partial charge in [-0.1, -0.05) is 15.9 Å². The molecule has 2 aromatic rings. The Morgan fingerprint density at radius 3 is 2.32 bits per heavy atom. The summed E-state index contributed by atoms with van der Waals surface area (Å²) in [5.74, 6) is 0.682. The summed E-state index contributed by atoms with van der Waals surface area (Å²) in [6.07, 6.45) is 0.536. The van der Waals surface area contributed by atoms with Crippen LogP contribution in [0.15, 0.2) is 45.0 Å². The van der Waals surface area contributed by atoms with Gasteiger partial charge in [0.15, 0.2) is 6.29 Å². The van der Waals surface area contributed by atoms with E-state index < -0.39 is 0 Å². The van der Waals surface area contributed by atoms with Crippen LogP contribution in [0.5, 0.6) is 17.2 Å². The normalized spacial score (nSPS) is 10.7. The van der Waals surface area contributed by atoms with E-state index in [2.05, 4.69) is 26.2 Å². The van der Waals surface area contributed by atoms with Gasteiger partial charge in [0.25, 0.3) is 0 Å². The highest BCUT2D eigenvalue weighted by Gasteiger charge is 2.10. The fraction of sp³-hybridized carbons (Fsp3) is 0.133. The lowest BCUT2D eigenvalue weighted by Gasteiger charge is -2.07. The van der Waals surface area contributed by atoms with E-state index in [1.54, 1.807) is 12.1 Å². The number of phenols is 1. The number of carbonyl (C=O) groups excluding carboxylic acids is 1. The first-order valence-electron chi connectivity index (χ1n) is 6.20. The van der Waals surface area contributed by atoms with E-state index in [0.717, 1.165) is 4.47 Å². The Kier molecular flexibility index (Phi) is 5.11. The van der Waals surface area contributed by atoms with Crippen molar-refractivity contribution in [2.75, 3.05) is 14.2 Å². The first kappa shape index (κ1) is 16.0. The van der Waals surface area contributed by atoms with Crippen LogP contribution in [0, 0.1) is 0 Å². The zero-order valence-electron chi connectivity index (χ0n) is 11.9. The largest absolute Gasteiger partial charge is 0.507 e. The summed E-state index contributed by atoms with van der Waals surface area (Å²) >= 11 is 3.34. The molecule has 0 aliphatic heterocycles. The van der Waals surface area contributed by atoms with Gasteiger partial charge in [0.2, 0.25) is 0 Å². The summed E-state index contributed by atoms with van der Waals surface area (Å²) in [5.41, 5.74) is 0.957. The third kappa shape index (κ3) is 3.43. The summed E-state index contributed by atoms with van der Waals surface area (Å²) in [5, 5.41) is 17.8. The lowest BCUT2D eigenvalue weighted by Crippen LogP contribution is -1.87. The highest BCUT2D eigenvalue weighted by atomic mass is 79.9. The Morgan fingerprint density at radius 2 is 1.68 bits per heavy atom. The van der Waals surface area contributed by atoms with Crippen LogP contribution in [0.2, 0.25) is 0 Å². The molecule has 0 aliphatic rings. The number of ether oxygens (including phenoxy) is 2. The molecular weight excluding hydrogens is 352 g/mol. The third-order valence-corrected chi connectivity index (χ3v) is 3.36. The molecular formula is C15H13BrN2O4. The smallest absolute Gasteiger partial charge is 0.153 e. The van der Waals surface area contributed by atoms with Crippen molar-refractivity contribution in [2.45, 2.75) is 0 Å². The average molecular weight is 365 g/mol. The third-order valence-electron chi connectivity index (χ3n) is 2.86. The van der Waals surface area contributed by atoms with Gasteiger partial charge in [-0.15, -0.1) is 10.2 Å². The molecule has 22 heavy (non-hydrogen) atoms. The van der Waals surface area contributed by atoms with Gasteiger partial charge < -0.3 is 14.6 Å². The predicted molar refractivity (Wildman–Crippen MR) is 84.9 cm³/mol. The van der Waals surface area contributed by atoms with Crippen molar-refractivity contribution in [1.82, 2.24) is 0 Å². The van der Waals surface area contributed by atoms with Crippen LogP contribution >= 0.6 is 15.9 Å². The van der Waals surface area contributed by atoms with Crippen molar-refractivity contribution in [3.05, 3.63) is 40.4 Å². The molecule has 0 unspecified atom stereocenters. The van der Waals surface area contributed by atoms with Gasteiger partial charge >= 0.3 is 0 Å². The van der Waals surface area contributed by atoms with Gasteiger partial charge in [-0.25, -0.2) is 0 Å². The van der Waals surface area contributed by atoms with Crippen LogP contribution in [0.25, 0.3) is 0 Å². The lowest BCUT2D eigenvalue weighted by atomic mass is 10.2. The molecule has 0 spiro atoms. The van der Waals surface area contributed by atoms with Crippen LogP contribution in [0.3, 0.4) is 0 Å². The maximum Gasteiger partial charge on any atom is 0.153 e. The minimum atomic E-state index is -0.174. The van der Waals surface area contributed by atoms with Crippen molar-refractivity contribution in [3.63, 3.8) is 0 Å². The maximum atomic E-state index is 10.9. The van der Waals surface area contributed by atoms with Gasteiger partial charge in [0.1, 0.15) is 28.6 Å². The second kappa shape index (κ2) is 7.04. The Bertz CT molecular complexity index is 732. The highest BCUT2D eigenvalue weighted by molar-refractivity contribution is 9.10. The summed E-state index contributed by atoms with van der Waals surface area (Å²) in [4.78, 5) is 10.9. The molecule has 0 heterocycles. The number of azo groups is 1. The van der Waals surface area contributed by atoms with Crippen molar-refractivity contribution in [1.29, 1.82) is 0 Å². The number of carbonyl (C=O) groups is 1. The molecule has 0 aromatic heterocycles. The molecule has 0 bridgehead atoms. The van der Waals surface area contributed by atoms with Crippen molar-refractivity contribution < 1.29 is 19.4 Å². The summed E-state index contributed by atoms with van der Waals surface area (Å²) in [6.45, 7) is 0. The quantitative estimate of drug-likeness (QED) is 0.629. The summed E-state index contributed by atoms with van der Waals surface area (Å²) < 4.78 is 11.2. The molecule has 6 nitrogen and oxygen atoms in total. The van der Waals surface area contributed by atoms with Gasteiger partial charge in [-0.2, -0.15) is 0 Å². The van der Waals surface area contributed by atoms with Crippen molar-refractivity contribution in [2.24, 2.45) is 10.2 Å². The van der Waals surface area contributed by atoms with Gasteiger partial charge in [0.05, 0.1) is 19.8 Å². The predicted octanol–water partition coefficient (Wildman–Crippen LogP) is 4.40. The topological polar surface area (TPSA) is 80.5 Å². The summed E-state index contributed by atoms with van der Waals surface area (Å²) in [6, 6.07) is 8.02. The number of hydrogen-bond donors (Lipinski definition) is 1. The number of benzene rings is 2. The maximum absolute atomic E-state index is 10.9. The van der Waals surface area contributed by atoms with Crippen LogP contribution < -0.4 is 9.47 Å². The molecule has 0 radical (unpaired) electrons.